The van der Waals surface area contributed by atoms with Crippen LogP contribution in [0.5, 0.6) is 0 Å². The van der Waals surface area contributed by atoms with Gasteiger partial charge in [0.05, 0.1) is 22.7 Å². The Bertz CT molecular complexity index is 1200. The SMILES string of the molecule is CC(C(=O)O)c1ccc(NC(=O)C(=CN)c2ncccc2Cc2ccc(C(F)(F)F)cc2)cc1. The molecule has 3 aromatic rings. The van der Waals surface area contributed by atoms with Crippen molar-refractivity contribution in [3.05, 3.63) is 101 Å². The van der Waals surface area contributed by atoms with E-state index in [9.17, 15) is 22.8 Å². The van der Waals surface area contributed by atoms with Gasteiger partial charge in [-0.3, -0.25) is 14.6 Å². The standard InChI is InChI=1S/C25H22F3N3O3/c1-15(24(33)34)17-6-10-20(11-7-17)31-23(32)21(14-29)22-18(3-2-12-30-22)13-16-4-8-19(9-5-16)25(26,27)28/h2-12,14-15H,13,29H2,1H3,(H,31,32)(H,33,34). The van der Waals surface area contributed by atoms with Gasteiger partial charge in [-0.25, -0.2) is 0 Å². The number of nitrogens with two attached hydrogens (primary N) is 1. The molecule has 0 bridgehead atoms. The Balaban J connectivity index is 1.79. The number of carboxylic acids is 1. The van der Waals surface area contributed by atoms with E-state index in [0.29, 0.717) is 28.1 Å². The molecule has 34 heavy (non-hydrogen) atoms. The summed E-state index contributed by atoms with van der Waals surface area (Å²) >= 11 is 0. The van der Waals surface area contributed by atoms with Crippen molar-refractivity contribution in [2.75, 3.05) is 5.32 Å². The van der Waals surface area contributed by atoms with Gasteiger partial charge >= 0.3 is 12.1 Å². The predicted molar refractivity (Wildman–Crippen MR) is 122 cm³/mol. The van der Waals surface area contributed by atoms with E-state index < -0.39 is 29.5 Å². The van der Waals surface area contributed by atoms with E-state index in [1.807, 2.05) is 0 Å². The Morgan fingerprint density at radius 3 is 2.29 bits per heavy atom. The molecule has 1 atom stereocenters. The molecule has 2 aromatic carbocycles. The summed E-state index contributed by atoms with van der Waals surface area (Å²) in [6, 6.07) is 14.5. The summed E-state index contributed by atoms with van der Waals surface area (Å²) in [6.07, 6.45) is -1.57. The number of anilines is 1. The second kappa shape index (κ2) is 10.2. The van der Waals surface area contributed by atoms with Crippen molar-refractivity contribution >= 4 is 23.1 Å². The quantitative estimate of drug-likeness (QED) is 0.431. The lowest BCUT2D eigenvalue weighted by Gasteiger charge is -2.13. The van der Waals surface area contributed by atoms with E-state index >= 15 is 0 Å². The molecule has 0 aliphatic carbocycles. The van der Waals surface area contributed by atoms with Crippen LogP contribution in [0.4, 0.5) is 18.9 Å². The molecule has 4 N–H and O–H groups in total. The molecule has 0 aliphatic heterocycles. The number of carbonyl (C=O) groups is 2. The molecule has 1 aromatic heterocycles. The number of carbonyl (C=O) groups excluding carboxylic acids is 1. The van der Waals surface area contributed by atoms with Crippen LogP contribution in [0.2, 0.25) is 0 Å². The van der Waals surface area contributed by atoms with Gasteiger partial charge in [0.2, 0.25) is 0 Å². The molecule has 9 heteroatoms. The Labute approximate surface area is 193 Å². The summed E-state index contributed by atoms with van der Waals surface area (Å²) in [5.74, 6) is -2.18. The molecular formula is C25H22F3N3O3. The minimum atomic E-state index is -4.42. The lowest BCUT2D eigenvalue weighted by atomic mass is 9.98. The maximum Gasteiger partial charge on any atom is 0.416 e. The van der Waals surface area contributed by atoms with Crippen molar-refractivity contribution in [2.24, 2.45) is 5.73 Å². The summed E-state index contributed by atoms with van der Waals surface area (Å²) in [7, 11) is 0. The lowest BCUT2D eigenvalue weighted by molar-refractivity contribution is -0.138. The zero-order chi connectivity index (χ0) is 24.9. The van der Waals surface area contributed by atoms with Gasteiger partial charge in [0, 0.05) is 18.1 Å². The van der Waals surface area contributed by atoms with E-state index in [0.717, 1.165) is 18.3 Å². The smallest absolute Gasteiger partial charge is 0.416 e. The van der Waals surface area contributed by atoms with Crippen molar-refractivity contribution in [1.82, 2.24) is 4.98 Å². The number of halogens is 3. The summed E-state index contributed by atoms with van der Waals surface area (Å²) in [5, 5.41) is 11.8. The first-order valence-corrected chi connectivity index (χ1v) is 10.3. The average Bonchev–Trinajstić information content (AvgIpc) is 2.80. The van der Waals surface area contributed by atoms with Crippen molar-refractivity contribution in [2.45, 2.75) is 25.4 Å². The number of aliphatic carboxylic acids is 1. The maximum absolute atomic E-state index is 12.9. The Hall–Kier alpha value is -4.14. The normalized spacial score (nSPS) is 12.8. The van der Waals surface area contributed by atoms with Crippen LogP contribution in [-0.4, -0.2) is 22.0 Å². The van der Waals surface area contributed by atoms with Crippen LogP contribution >= 0.6 is 0 Å². The molecule has 3 rings (SSSR count). The monoisotopic (exact) mass is 469 g/mol. The molecule has 1 amide bonds. The van der Waals surface area contributed by atoms with Crippen molar-refractivity contribution < 1.29 is 27.9 Å². The van der Waals surface area contributed by atoms with Crippen LogP contribution in [-0.2, 0) is 22.2 Å². The van der Waals surface area contributed by atoms with Gasteiger partial charge in [-0.2, -0.15) is 13.2 Å². The number of hydrogen-bond donors (Lipinski definition) is 3. The molecule has 176 valence electrons. The number of aromatic nitrogens is 1. The Kier molecular flexibility index (Phi) is 7.35. The van der Waals surface area contributed by atoms with Crippen LogP contribution in [0.15, 0.2) is 73.1 Å². The van der Waals surface area contributed by atoms with E-state index in [1.165, 1.54) is 18.3 Å². The maximum atomic E-state index is 12.9. The highest BCUT2D eigenvalue weighted by molar-refractivity contribution is 6.25. The second-order valence-electron chi connectivity index (χ2n) is 7.60. The first-order valence-electron chi connectivity index (χ1n) is 10.3. The summed E-state index contributed by atoms with van der Waals surface area (Å²) in [6.45, 7) is 1.56. The molecule has 0 saturated heterocycles. The molecule has 0 fully saturated rings. The van der Waals surface area contributed by atoms with E-state index in [2.05, 4.69) is 10.3 Å². The van der Waals surface area contributed by atoms with Crippen molar-refractivity contribution in [3.8, 4) is 0 Å². The molecule has 1 heterocycles. The Morgan fingerprint density at radius 1 is 1.09 bits per heavy atom. The summed E-state index contributed by atoms with van der Waals surface area (Å²) in [4.78, 5) is 28.3. The van der Waals surface area contributed by atoms with Gasteiger partial charge in [0.1, 0.15) is 0 Å². The van der Waals surface area contributed by atoms with Crippen LogP contribution in [0.25, 0.3) is 5.57 Å². The van der Waals surface area contributed by atoms with Gasteiger partial charge in [-0.05, 0) is 60.4 Å². The molecule has 0 aliphatic rings. The van der Waals surface area contributed by atoms with Gasteiger partial charge < -0.3 is 16.2 Å². The number of carboxylic acid groups (broad SMARTS) is 1. The van der Waals surface area contributed by atoms with Gasteiger partial charge in [0.15, 0.2) is 0 Å². The zero-order valence-corrected chi connectivity index (χ0v) is 18.1. The number of alkyl halides is 3. The van der Waals surface area contributed by atoms with Crippen molar-refractivity contribution in [3.63, 3.8) is 0 Å². The van der Waals surface area contributed by atoms with Gasteiger partial charge in [-0.1, -0.05) is 30.3 Å². The highest BCUT2D eigenvalue weighted by Crippen LogP contribution is 2.30. The number of pyridine rings is 1. The second-order valence-corrected chi connectivity index (χ2v) is 7.60. The molecule has 0 spiro atoms. The number of rotatable bonds is 7. The van der Waals surface area contributed by atoms with E-state index in [4.69, 9.17) is 10.8 Å². The first-order chi connectivity index (χ1) is 16.1. The van der Waals surface area contributed by atoms with Crippen LogP contribution in [0, 0.1) is 0 Å². The first kappa shape index (κ1) is 24.5. The highest BCUT2D eigenvalue weighted by atomic mass is 19.4. The average molecular weight is 469 g/mol. The largest absolute Gasteiger partial charge is 0.481 e. The van der Waals surface area contributed by atoms with E-state index in [1.54, 1.807) is 43.3 Å². The van der Waals surface area contributed by atoms with Crippen LogP contribution in [0.1, 0.15) is 40.8 Å². The minimum Gasteiger partial charge on any atom is -0.481 e. The van der Waals surface area contributed by atoms with Gasteiger partial charge in [0.25, 0.3) is 5.91 Å². The number of hydrogen-bond acceptors (Lipinski definition) is 4. The van der Waals surface area contributed by atoms with E-state index in [-0.39, 0.29) is 12.0 Å². The van der Waals surface area contributed by atoms with Crippen LogP contribution in [0.3, 0.4) is 0 Å². The topological polar surface area (TPSA) is 105 Å². The minimum absolute atomic E-state index is 0.0884. The molecule has 0 radical (unpaired) electrons. The third-order valence-electron chi connectivity index (χ3n) is 5.27. The molecule has 0 saturated carbocycles. The zero-order valence-electron chi connectivity index (χ0n) is 18.1. The van der Waals surface area contributed by atoms with Gasteiger partial charge in [-0.15, -0.1) is 0 Å². The number of amides is 1. The molecule has 1 unspecified atom stereocenters. The predicted octanol–water partition coefficient (Wildman–Crippen LogP) is 4.82. The summed E-state index contributed by atoms with van der Waals surface area (Å²) < 4.78 is 38.5. The lowest BCUT2D eigenvalue weighted by Crippen LogP contribution is -2.17. The number of nitrogens with one attached hydrogen (secondary N) is 1. The fraction of sp³-hybridized carbons (Fsp3) is 0.160. The summed E-state index contributed by atoms with van der Waals surface area (Å²) in [5.41, 5.74) is 7.63. The fourth-order valence-corrected chi connectivity index (χ4v) is 3.31. The molecule has 6 nitrogen and oxygen atoms in total. The third kappa shape index (κ3) is 5.80. The fourth-order valence-electron chi connectivity index (χ4n) is 3.31. The van der Waals surface area contributed by atoms with Crippen molar-refractivity contribution in [1.29, 1.82) is 0 Å². The third-order valence-corrected chi connectivity index (χ3v) is 5.27. The number of benzene rings is 2. The van der Waals surface area contributed by atoms with Crippen LogP contribution < -0.4 is 11.1 Å². The highest BCUT2D eigenvalue weighted by Gasteiger charge is 2.30. The Morgan fingerprint density at radius 2 is 1.74 bits per heavy atom. The number of nitrogens with zero attached hydrogens (tertiary/aromatic N) is 1. The molecular weight excluding hydrogens is 447 g/mol.